The van der Waals surface area contributed by atoms with E-state index < -0.39 is 14.6 Å². The summed E-state index contributed by atoms with van der Waals surface area (Å²) in [7, 11) is -3.31. The fourth-order valence-electron chi connectivity index (χ4n) is 1.06. The largest absolute Gasteiger partial charge is 0.223 e. The van der Waals surface area contributed by atoms with Crippen LogP contribution in [0.15, 0.2) is 29.2 Å². The minimum atomic E-state index is -3.31. The van der Waals surface area contributed by atoms with Crippen LogP contribution in [0.1, 0.15) is 26.3 Å². The van der Waals surface area contributed by atoms with Crippen LogP contribution in [0.25, 0.3) is 0 Å². The summed E-state index contributed by atoms with van der Waals surface area (Å²) in [5, 5.41) is 8.59. The minimum absolute atomic E-state index is 0.258. The van der Waals surface area contributed by atoms with Gasteiger partial charge in [0.05, 0.1) is 21.3 Å². The molecule has 0 radical (unpaired) electrons. The van der Waals surface area contributed by atoms with E-state index in [0.29, 0.717) is 5.56 Å². The lowest BCUT2D eigenvalue weighted by atomic mass is 10.2. The van der Waals surface area contributed by atoms with Gasteiger partial charge in [0, 0.05) is 0 Å². The van der Waals surface area contributed by atoms with Crippen molar-refractivity contribution in [2.24, 2.45) is 0 Å². The van der Waals surface area contributed by atoms with Gasteiger partial charge in [0.15, 0.2) is 9.84 Å². The van der Waals surface area contributed by atoms with E-state index in [0.717, 1.165) is 0 Å². The molecule has 4 heteroatoms. The Balaban J connectivity index is 3.26. The topological polar surface area (TPSA) is 57.9 Å². The molecule has 80 valence electrons. The predicted molar refractivity (Wildman–Crippen MR) is 58.1 cm³/mol. The molecule has 0 heterocycles. The van der Waals surface area contributed by atoms with Crippen LogP contribution in [0, 0.1) is 11.3 Å². The first-order valence-corrected chi connectivity index (χ1v) is 6.02. The summed E-state index contributed by atoms with van der Waals surface area (Å²) in [6, 6.07) is 7.92. The zero-order chi connectivity index (χ0) is 11.7. The Labute approximate surface area is 90.3 Å². The van der Waals surface area contributed by atoms with Crippen LogP contribution in [0.5, 0.6) is 0 Å². The quantitative estimate of drug-likeness (QED) is 0.732. The van der Waals surface area contributed by atoms with Crippen LogP contribution in [-0.4, -0.2) is 13.2 Å². The van der Waals surface area contributed by atoms with Gasteiger partial charge in [-0.2, -0.15) is 5.26 Å². The highest BCUT2D eigenvalue weighted by Crippen LogP contribution is 2.24. The van der Waals surface area contributed by atoms with Gasteiger partial charge in [0.1, 0.15) is 0 Å². The molecule has 0 fully saturated rings. The van der Waals surface area contributed by atoms with Gasteiger partial charge in [0.2, 0.25) is 0 Å². The van der Waals surface area contributed by atoms with Crippen molar-refractivity contribution in [1.82, 2.24) is 0 Å². The van der Waals surface area contributed by atoms with E-state index in [2.05, 4.69) is 0 Å². The fourth-order valence-corrected chi connectivity index (χ4v) is 2.26. The summed E-state index contributed by atoms with van der Waals surface area (Å²) in [4.78, 5) is 0.258. The fraction of sp³-hybridized carbons (Fsp3) is 0.364. The molecule has 0 aliphatic rings. The number of rotatable bonds is 1. The first-order chi connectivity index (χ1) is 6.79. The first-order valence-electron chi connectivity index (χ1n) is 4.54. The van der Waals surface area contributed by atoms with Gasteiger partial charge in [-0.15, -0.1) is 0 Å². The number of nitriles is 1. The van der Waals surface area contributed by atoms with Crippen molar-refractivity contribution in [2.75, 3.05) is 0 Å². The molecule has 0 N–H and O–H groups in total. The number of hydrogen-bond acceptors (Lipinski definition) is 3. The van der Waals surface area contributed by atoms with Crippen LogP contribution < -0.4 is 0 Å². The van der Waals surface area contributed by atoms with Crippen molar-refractivity contribution in [3.63, 3.8) is 0 Å². The summed E-state index contributed by atoms with van der Waals surface area (Å²) >= 11 is 0. The van der Waals surface area contributed by atoms with E-state index in [1.165, 1.54) is 24.3 Å². The standard InChI is InChI=1S/C11H13NO2S/c1-11(2,3)15(13,14)10-6-4-9(8-12)5-7-10/h4-7H,1-3H3. The number of benzene rings is 1. The van der Waals surface area contributed by atoms with Crippen molar-refractivity contribution >= 4 is 9.84 Å². The molecule has 0 saturated heterocycles. The second-order valence-electron chi connectivity index (χ2n) is 4.25. The predicted octanol–water partition coefficient (Wildman–Crippen LogP) is 2.13. The second-order valence-corrected chi connectivity index (χ2v) is 6.96. The third kappa shape index (κ3) is 2.18. The van der Waals surface area contributed by atoms with Gasteiger partial charge in [-0.3, -0.25) is 0 Å². The molecule has 15 heavy (non-hydrogen) atoms. The molecule has 0 amide bonds. The van der Waals surface area contributed by atoms with Crippen LogP contribution >= 0.6 is 0 Å². The Bertz CT molecular complexity index is 487. The monoisotopic (exact) mass is 223 g/mol. The third-order valence-corrected chi connectivity index (χ3v) is 4.61. The molecule has 0 atom stereocenters. The van der Waals surface area contributed by atoms with Gasteiger partial charge in [-0.1, -0.05) is 0 Å². The van der Waals surface area contributed by atoms with Crippen LogP contribution in [-0.2, 0) is 9.84 Å². The lowest BCUT2D eigenvalue weighted by Crippen LogP contribution is -2.27. The summed E-state index contributed by atoms with van der Waals surface area (Å²) in [6.07, 6.45) is 0. The Morgan fingerprint density at radius 3 is 1.93 bits per heavy atom. The third-order valence-electron chi connectivity index (χ3n) is 2.10. The van der Waals surface area contributed by atoms with Crippen molar-refractivity contribution in [3.05, 3.63) is 29.8 Å². The summed E-state index contributed by atoms with van der Waals surface area (Å²) in [5.74, 6) is 0. The highest BCUT2D eigenvalue weighted by atomic mass is 32.2. The molecule has 0 aromatic heterocycles. The molecule has 0 saturated carbocycles. The minimum Gasteiger partial charge on any atom is -0.223 e. The van der Waals surface area contributed by atoms with Crippen molar-refractivity contribution in [2.45, 2.75) is 30.4 Å². The Hall–Kier alpha value is -1.34. The van der Waals surface area contributed by atoms with E-state index in [1.54, 1.807) is 20.8 Å². The van der Waals surface area contributed by atoms with Crippen molar-refractivity contribution < 1.29 is 8.42 Å². The van der Waals surface area contributed by atoms with E-state index in [1.807, 2.05) is 6.07 Å². The summed E-state index contributed by atoms with van der Waals surface area (Å²) in [6.45, 7) is 4.96. The highest BCUT2D eigenvalue weighted by Gasteiger charge is 2.30. The van der Waals surface area contributed by atoms with E-state index in [-0.39, 0.29) is 4.90 Å². The van der Waals surface area contributed by atoms with Crippen LogP contribution in [0.4, 0.5) is 0 Å². The number of nitrogens with zero attached hydrogens (tertiary/aromatic N) is 1. The molecule has 0 aliphatic heterocycles. The summed E-state index contributed by atoms with van der Waals surface area (Å²) in [5.41, 5.74) is 0.461. The molecule has 0 unspecified atom stereocenters. The highest BCUT2D eigenvalue weighted by molar-refractivity contribution is 7.92. The van der Waals surface area contributed by atoms with Gasteiger partial charge < -0.3 is 0 Å². The van der Waals surface area contributed by atoms with Gasteiger partial charge in [-0.05, 0) is 45.0 Å². The molecule has 3 nitrogen and oxygen atoms in total. The van der Waals surface area contributed by atoms with Gasteiger partial charge in [-0.25, -0.2) is 8.42 Å². The smallest absolute Gasteiger partial charge is 0.183 e. The van der Waals surface area contributed by atoms with Gasteiger partial charge in [0.25, 0.3) is 0 Å². The first kappa shape index (κ1) is 11.7. The van der Waals surface area contributed by atoms with Gasteiger partial charge >= 0.3 is 0 Å². The zero-order valence-electron chi connectivity index (χ0n) is 8.98. The SMILES string of the molecule is CC(C)(C)S(=O)(=O)c1ccc(C#N)cc1. The maximum Gasteiger partial charge on any atom is 0.183 e. The lowest BCUT2D eigenvalue weighted by molar-refractivity contribution is 0.560. The second kappa shape index (κ2) is 3.67. The normalized spacial score (nSPS) is 12.1. The Morgan fingerprint density at radius 1 is 1.13 bits per heavy atom. The lowest BCUT2D eigenvalue weighted by Gasteiger charge is -2.19. The average Bonchev–Trinajstić information content (AvgIpc) is 2.16. The van der Waals surface area contributed by atoms with E-state index >= 15 is 0 Å². The molecule has 0 spiro atoms. The number of hydrogen-bond donors (Lipinski definition) is 0. The maximum absolute atomic E-state index is 12.0. The van der Waals surface area contributed by atoms with E-state index in [4.69, 9.17) is 5.26 Å². The van der Waals surface area contributed by atoms with Crippen LogP contribution in [0.2, 0.25) is 0 Å². The van der Waals surface area contributed by atoms with Crippen LogP contribution in [0.3, 0.4) is 0 Å². The Morgan fingerprint density at radius 2 is 1.60 bits per heavy atom. The van der Waals surface area contributed by atoms with Crippen molar-refractivity contribution in [3.8, 4) is 6.07 Å². The molecule has 0 bridgehead atoms. The Kier molecular flexibility index (Phi) is 2.87. The molecule has 0 aliphatic carbocycles. The summed E-state index contributed by atoms with van der Waals surface area (Å²) < 4.78 is 23.1. The molecular weight excluding hydrogens is 210 g/mol. The van der Waals surface area contributed by atoms with Crippen molar-refractivity contribution in [1.29, 1.82) is 5.26 Å². The molecule has 1 aromatic carbocycles. The molecule has 1 aromatic rings. The maximum atomic E-state index is 12.0. The average molecular weight is 223 g/mol. The molecular formula is C11H13NO2S. The number of sulfone groups is 1. The molecule has 1 rings (SSSR count). The van der Waals surface area contributed by atoms with E-state index in [9.17, 15) is 8.42 Å². The zero-order valence-corrected chi connectivity index (χ0v) is 9.80.